The number of aldehydes is 1. The molecule has 0 aromatic carbocycles. The minimum atomic E-state index is 0. The monoisotopic (exact) mass is 120 g/mol. The van der Waals surface area contributed by atoms with E-state index < -0.39 is 0 Å². The third kappa shape index (κ3) is 3.08. The molecule has 1 saturated carbocycles. The molecule has 0 unspecified atom stereocenters. The maximum absolute atomic E-state index is 10.2. The Morgan fingerprint density at radius 1 is 1.11 bits per heavy atom. The first-order chi connectivity index (χ1) is 3.93. The predicted molar refractivity (Wildman–Crippen MR) is 39.8 cm³/mol. The van der Waals surface area contributed by atoms with Gasteiger partial charge in [0.25, 0.3) is 0 Å². The summed E-state index contributed by atoms with van der Waals surface area (Å²) in [6.45, 7) is 0. The van der Waals surface area contributed by atoms with E-state index in [2.05, 4.69) is 0 Å². The minimum absolute atomic E-state index is 0. The van der Waals surface area contributed by atoms with Crippen molar-refractivity contribution in [1.82, 2.24) is 0 Å². The van der Waals surface area contributed by atoms with Gasteiger partial charge in [0, 0.05) is 5.92 Å². The van der Waals surface area contributed by atoms with Crippen LogP contribution in [0.5, 0.6) is 0 Å². The first kappa shape index (κ1) is 9.27. The van der Waals surface area contributed by atoms with Crippen LogP contribution in [0.2, 0.25) is 0 Å². The van der Waals surface area contributed by atoms with E-state index in [1.807, 2.05) is 0 Å². The molecule has 1 aliphatic carbocycles. The quantitative estimate of drug-likeness (QED) is 0.374. The molecule has 0 N–H and O–H groups in total. The molecule has 0 spiro atoms. The summed E-state index contributed by atoms with van der Waals surface area (Å²) in [6, 6.07) is 0. The van der Waals surface area contributed by atoms with Gasteiger partial charge in [-0.15, -0.1) is 0 Å². The van der Waals surface area contributed by atoms with Crippen molar-refractivity contribution < 1.29 is 4.79 Å². The van der Waals surface area contributed by atoms with Crippen molar-refractivity contribution in [3.05, 3.63) is 0 Å². The second-order valence-electron chi connectivity index (χ2n) is 2.53. The standard InChI is InChI=1S/C7H12O.Li.H/c8-6-7-4-2-1-3-5-7;;/h6-7H,1-5H2;;. The van der Waals surface area contributed by atoms with E-state index >= 15 is 0 Å². The number of rotatable bonds is 1. The molecule has 1 rings (SSSR count). The van der Waals surface area contributed by atoms with E-state index in [1.165, 1.54) is 19.3 Å². The molecule has 0 aromatic heterocycles. The van der Waals surface area contributed by atoms with Crippen molar-refractivity contribution in [3.63, 3.8) is 0 Å². The van der Waals surface area contributed by atoms with Gasteiger partial charge in [0.05, 0.1) is 0 Å². The van der Waals surface area contributed by atoms with Crippen LogP contribution >= 0.6 is 0 Å². The molecule has 0 heterocycles. The van der Waals surface area contributed by atoms with Crippen LogP contribution in [0, 0.1) is 5.92 Å². The summed E-state index contributed by atoms with van der Waals surface area (Å²) in [5.74, 6) is 0.406. The first-order valence-corrected chi connectivity index (χ1v) is 3.39. The van der Waals surface area contributed by atoms with Crippen molar-refractivity contribution in [2.75, 3.05) is 0 Å². The third-order valence-electron chi connectivity index (χ3n) is 1.84. The first-order valence-electron chi connectivity index (χ1n) is 3.39. The Hall–Kier alpha value is 0.267. The average molecular weight is 120 g/mol. The van der Waals surface area contributed by atoms with Gasteiger partial charge < -0.3 is 4.79 Å². The van der Waals surface area contributed by atoms with E-state index in [0.29, 0.717) is 5.92 Å². The average Bonchev–Trinajstić information content (AvgIpc) is 1.90. The van der Waals surface area contributed by atoms with Gasteiger partial charge in [-0.05, 0) is 12.8 Å². The van der Waals surface area contributed by atoms with Gasteiger partial charge in [0.2, 0.25) is 0 Å². The van der Waals surface area contributed by atoms with Crippen LogP contribution in [0.3, 0.4) is 0 Å². The Bertz CT molecular complexity index is 77.0. The number of carbonyl (C=O) groups is 1. The molecule has 0 aromatic rings. The van der Waals surface area contributed by atoms with Crippen LogP contribution in [-0.4, -0.2) is 25.1 Å². The molecule has 1 nitrogen and oxygen atoms in total. The molecule has 48 valence electrons. The number of hydrogen-bond acceptors (Lipinski definition) is 1. The van der Waals surface area contributed by atoms with Crippen molar-refractivity contribution in [1.29, 1.82) is 0 Å². The zero-order valence-electron chi connectivity index (χ0n) is 5.10. The van der Waals surface area contributed by atoms with Gasteiger partial charge in [-0.2, -0.15) is 0 Å². The summed E-state index contributed by atoms with van der Waals surface area (Å²) < 4.78 is 0. The van der Waals surface area contributed by atoms with E-state index in [-0.39, 0.29) is 18.9 Å². The van der Waals surface area contributed by atoms with E-state index in [1.54, 1.807) is 0 Å². The molecule has 1 fully saturated rings. The number of carbonyl (C=O) groups excluding carboxylic acids is 1. The Kier molecular flexibility index (Phi) is 5.24. The fraction of sp³-hybridized carbons (Fsp3) is 0.857. The number of hydrogen-bond donors (Lipinski definition) is 0. The predicted octanol–water partition coefficient (Wildman–Crippen LogP) is 1.12. The summed E-state index contributed by atoms with van der Waals surface area (Å²) in [7, 11) is 0. The molecular formula is C7H13LiO. The molecule has 2 heteroatoms. The van der Waals surface area contributed by atoms with E-state index in [9.17, 15) is 4.79 Å². The summed E-state index contributed by atoms with van der Waals surface area (Å²) in [5.41, 5.74) is 0. The fourth-order valence-electron chi connectivity index (χ4n) is 1.27. The van der Waals surface area contributed by atoms with Crippen LogP contribution < -0.4 is 0 Å². The molecule has 0 radical (unpaired) electrons. The van der Waals surface area contributed by atoms with Crippen LogP contribution in [0.4, 0.5) is 0 Å². The van der Waals surface area contributed by atoms with Gasteiger partial charge in [-0.3, -0.25) is 0 Å². The summed E-state index contributed by atoms with van der Waals surface area (Å²) in [6.07, 6.45) is 7.27. The Morgan fingerprint density at radius 2 is 1.67 bits per heavy atom. The molecule has 0 saturated heterocycles. The van der Waals surface area contributed by atoms with Gasteiger partial charge in [-0.25, -0.2) is 0 Å². The van der Waals surface area contributed by atoms with Crippen LogP contribution in [-0.2, 0) is 4.79 Å². The van der Waals surface area contributed by atoms with Crippen LogP contribution in [0.1, 0.15) is 32.1 Å². The van der Waals surface area contributed by atoms with Crippen molar-refractivity contribution in [2.24, 2.45) is 5.92 Å². The van der Waals surface area contributed by atoms with Crippen LogP contribution in [0.15, 0.2) is 0 Å². The Labute approximate surface area is 68.4 Å². The van der Waals surface area contributed by atoms with Gasteiger partial charge in [0.15, 0.2) is 0 Å². The molecular weight excluding hydrogens is 107 g/mol. The van der Waals surface area contributed by atoms with Gasteiger partial charge >= 0.3 is 18.9 Å². The normalized spacial score (nSPS) is 20.4. The van der Waals surface area contributed by atoms with Crippen molar-refractivity contribution in [2.45, 2.75) is 32.1 Å². The molecule has 0 bridgehead atoms. The molecule has 0 aliphatic heterocycles. The van der Waals surface area contributed by atoms with E-state index in [0.717, 1.165) is 19.1 Å². The summed E-state index contributed by atoms with van der Waals surface area (Å²) in [5, 5.41) is 0. The zero-order valence-corrected chi connectivity index (χ0v) is 5.10. The van der Waals surface area contributed by atoms with Crippen molar-refractivity contribution >= 4 is 25.1 Å². The van der Waals surface area contributed by atoms with Crippen molar-refractivity contribution in [3.8, 4) is 0 Å². The molecule has 0 amide bonds. The topological polar surface area (TPSA) is 17.1 Å². The Balaban J connectivity index is 0.000000640. The third-order valence-corrected chi connectivity index (χ3v) is 1.84. The molecule has 1 aliphatic rings. The second-order valence-corrected chi connectivity index (χ2v) is 2.53. The maximum atomic E-state index is 10.2. The summed E-state index contributed by atoms with van der Waals surface area (Å²) in [4.78, 5) is 10.2. The van der Waals surface area contributed by atoms with Gasteiger partial charge in [-0.1, -0.05) is 19.3 Å². The fourth-order valence-corrected chi connectivity index (χ4v) is 1.27. The SMILES string of the molecule is O=CC1CCCCC1.[LiH]. The Morgan fingerprint density at radius 3 is 2.00 bits per heavy atom. The molecule has 0 atom stereocenters. The van der Waals surface area contributed by atoms with Crippen LogP contribution in [0.25, 0.3) is 0 Å². The van der Waals surface area contributed by atoms with Gasteiger partial charge in [0.1, 0.15) is 6.29 Å². The van der Waals surface area contributed by atoms with E-state index in [4.69, 9.17) is 0 Å². The zero-order chi connectivity index (χ0) is 5.82. The molecule has 9 heavy (non-hydrogen) atoms. The summed E-state index contributed by atoms with van der Waals surface area (Å²) >= 11 is 0. The second kappa shape index (κ2) is 5.08.